The van der Waals surface area contributed by atoms with Crippen LogP contribution in [0.25, 0.3) is 0 Å². The molecule has 1 rings (SSSR count). The number of anilines is 1. The molecule has 6 heteroatoms. The number of carbonyl (C=O) groups is 1. The van der Waals surface area contributed by atoms with Gasteiger partial charge in [-0.25, -0.2) is 0 Å². The number of aromatic nitrogens is 2. The van der Waals surface area contributed by atoms with Crippen LogP contribution in [0.1, 0.15) is 0 Å². The molecule has 0 aliphatic rings. The monoisotopic (exact) mass is 238 g/mol. The van der Waals surface area contributed by atoms with Crippen LogP contribution in [0.15, 0.2) is 25.0 Å². The van der Waals surface area contributed by atoms with Crippen LogP contribution in [0.3, 0.4) is 0 Å². The third kappa shape index (κ3) is 5.28. The van der Waals surface area contributed by atoms with Gasteiger partial charge in [-0.1, -0.05) is 6.08 Å². The van der Waals surface area contributed by atoms with Crippen LogP contribution in [-0.4, -0.2) is 42.5 Å². The standard InChI is InChI=1S/C11H18N4O2/c1-3-4-12-8-11(16)14-10-7-13-15(9-10)5-6-17-2/h3,7,9,12H,1,4-6,8H2,2H3,(H,14,16). The molecule has 0 fully saturated rings. The van der Waals surface area contributed by atoms with Gasteiger partial charge in [-0.3, -0.25) is 9.48 Å². The predicted molar refractivity (Wildman–Crippen MR) is 65.8 cm³/mol. The first-order valence-electron chi connectivity index (χ1n) is 5.39. The maximum atomic E-state index is 11.4. The van der Waals surface area contributed by atoms with Gasteiger partial charge in [-0.05, 0) is 0 Å². The van der Waals surface area contributed by atoms with Crippen LogP contribution >= 0.6 is 0 Å². The van der Waals surface area contributed by atoms with E-state index in [9.17, 15) is 4.79 Å². The number of ether oxygens (including phenoxy) is 1. The van der Waals surface area contributed by atoms with E-state index in [1.54, 1.807) is 30.3 Å². The minimum atomic E-state index is -0.0989. The highest BCUT2D eigenvalue weighted by atomic mass is 16.5. The SMILES string of the molecule is C=CCNCC(=O)Nc1cnn(CCOC)c1. The number of nitrogens with zero attached hydrogens (tertiary/aromatic N) is 2. The van der Waals surface area contributed by atoms with Crippen molar-refractivity contribution in [1.29, 1.82) is 0 Å². The Hall–Kier alpha value is -1.66. The highest BCUT2D eigenvalue weighted by Crippen LogP contribution is 2.03. The second kappa shape index (κ2) is 7.59. The van der Waals surface area contributed by atoms with E-state index in [-0.39, 0.29) is 12.5 Å². The van der Waals surface area contributed by atoms with Crippen LogP contribution in [-0.2, 0) is 16.1 Å². The summed E-state index contributed by atoms with van der Waals surface area (Å²) in [7, 11) is 1.64. The fourth-order valence-electron chi connectivity index (χ4n) is 1.23. The van der Waals surface area contributed by atoms with Gasteiger partial charge >= 0.3 is 0 Å². The highest BCUT2D eigenvalue weighted by molar-refractivity contribution is 5.91. The van der Waals surface area contributed by atoms with Gasteiger partial charge in [-0.2, -0.15) is 5.10 Å². The van der Waals surface area contributed by atoms with E-state index >= 15 is 0 Å². The number of methoxy groups -OCH3 is 1. The predicted octanol–water partition coefficient (Wildman–Crippen LogP) is 0.244. The Morgan fingerprint density at radius 3 is 3.24 bits per heavy atom. The summed E-state index contributed by atoms with van der Waals surface area (Å²) in [6.45, 7) is 5.69. The van der Waals surface area contributed by atoms with E-state index < -0.39 is 0 Å². The molecule has 0 saturated carbocycles. The van der Waals surface area contributed by atoms with Gasteiger partial charge in [0, 0.05) is 19.9 Å². The Morgan fingerprint density at radius 2 is 2.53 bits per heavy atom. The number of amides is 1. The summed E-state index contributed by atoms with van der Waals surface area (Å²) in [6, 6.07) is 0. The van der Waals surface area contributed by atoms with Crippen LogP contribution < -0.4 is 10.6 Å². The molecule has 0 aliphatic carbocycles. The summed E-state index contributed by atoms with van der Waals surface area (Å²) in [4.78, 5) is 11.4. The molecule has 17 heavy (non-hydrogen) atoms. The van der Waals surface area contributed by atoms with E-state index in [4.69, 9.17) is 4.74 Å². The molecule has 2 N–H and O–H groups in total. The summed E-state index contributed by atoms with van der Waals surface area (Å²) in [5.74, 6) is -0.0989. The largest absolute Gasteiger partial charge is 0.383 e. The molecule has 0 spiro atoms. The number of carbonyl (C=O) groups excluding carboxylic acids is 1. The minimum absolute atomic E-state index is 0.0989. The average molecular weight is 238 g/mol. The molecule has 0 atom stereocenters. The summed E-state index contributed by atoms with van der Waals surface area (Å²) in [5, 5.41) is 9.75. The Morgan fingerprint density at radius 1 is 1.71 bits per heavy atom. The molecule has 1 amide bonds. The number of hydrogen-bond acceptors (Lipinski definition) is 4. The van der Waals surface area contributed by atoms with Crippen molar-refractivity contribution in [3.63, 3.8) is 0 Å². The second-order valence-electron chi connectivity index (χ2n) is 3.45. The summed E-state index contributed by atoms with van der Waals surface area (Å²) in [5.41, 5.74) is 0.687. The van der Waals surface area contributed by atoms with Crippen molar-refractivity contribution in [3.05, 3.63) is 25.0 Å². The van der Waals surface area contributed by atoms with Crippen molar-refractivity contribution in [2.75, 3.05) is 32.1 Å². The first-order valence-corrected chi connectivity index (χ1v) is 5.39. The molecule has 1 heterocycles. The van der Waals surface area contributed by atoms with E-state index in [0.29, 0.717) is 25.4 Å². The molecule has 0 bridgehead atoms. The Balaban J connectivity index is 2.32. The fourth-order valence-corrected chi connectivity index (χ4v) is 1.23. The molecule has 0 saturated heterocycles. The van der Waals surface area contributed by atoms with Crippen LogP contribution in [0.5, 0.6) is 0 Å². The van der Waals surface area contributed by atoms with Gasteiger partial charge in [0.15, 0.2) is 0 Å². The van der Waals surface area contributed by atoms with Gasteiger partial charge in [0.2, 0.25) is 5.91 Å². The molecule has 1 aromatic heterocycles. The number of hydrogen-bond donors (Lipinski definition) is 2. The molecular formula is C11H18N4O2. The molecule has 0 aromatic carbocycles. The molecule has 0 radical (unpaired) electrons. The van der Waals surface area contributed by atoms with Gasteiger partial charge in [-0.15, -0.1) is 6.58 Å². The third-order valence-electron chi connectivity index (χ3n) is 2.02. The van der Waals surface area contributed by atoms with Gasteiger partial charge in [0.1, 0.15) is 0 Å². The van der Waals surface area contributed by atoms with Crippen LogP contribution in [0, 0.1) is 0 Å². The molecule has 0 aliphatic heterocycles. The Kier molecular flexibility index (Phi) is 5.98. The van der Waals surface area contributed by atoms with Crippen molar-refractivity contribution in [2.24, 2.45) is 0 Å². The van der Waals surface area contributed by atoms with Crippen molar-refractivity contribution >= 4 is 11.6 Å². The Labute approximate surface area is 101 Å². The maximum Gasteiger partial charge on any atom is 0.238 e. The lowest BCUT2D eigenvalue weighted by Gasteiger charge is -2.02. The molecule has 0 unspecified atom stereocenters. The molecule has 6 nitrogen and oxygen atoms in total. The lowest BCUT2D eigenvalue weighted by atomic mass is 10.5. The topological polar surface area (TPSA) is 68.2 Å². The minimum Gasteiger partial charge on any atom is -0.383 e. The van der Waals surface area contributed by atoms with Crippen LogP contribution in [0.4, 0.5) is 5.69 Å². The third-order valence-corrected chi connectivity index (χ3v) is 2.02. The van der Waals surface area contributed by atoms with E-state index in [1.165, 1.54) is 0 Å². The van der Waals surface area contributed by atoms with Gasteiger partial charge in [0.05, 0.1) is 31.6 Å². The first kappa shape index (κ1) is 13.4. The maximum absolute atomic E-state index is 11.4. The molecule has 94 valence electrons. The van der Waals surface area contributed by atoms with Gasteiger partial charge < -0.3 is 15.4 Å². The number of rotatable bonds is 8. The lowest BCUT2D eigenvalue weighted by molar-refractivity contribution is -0.115. The van der Waals surface area contributed by atoms with Crippen LogP contribution in [0.2, 0.25) is 0 Å². The second-order valence-corrected chi connectivity index (χ2v) is 3.45. The normalized spacial score (nSPS) is 10.2. The quantitative estimate of drug-likeness (QED) is 0.503. The fraction of sp³-hybridized carbons (Fsp3) is 0.455. The first-order chi connectivity index (χ1) is 8.26. The van der Waals surface area contributed by atoms with E-state index in [2.05, 4.69) is 22.3 Å². The highest BCUT2D eigenvalue weighted by Gasteiger charge is 2.03. The van der Waals surface area contributed by atoms with Crippen molar-refractivity contribution in [3.8, 4) is 0 Å². The molecular weight excluding hydrogens is 220 g/mol. The lowest BCUT2D eigenvalue weighted by Crippen LogP contribution is -2.27. The smallest absolute Gasteiger partial charge is 0.238 e. The van der Waals surface area contributed by atoms with Crippen molar-refractivity contribution < 1.29 is 9.53 Å². The average Bonchev–Trinajstić information content (AvgIpc) is 2.74. The zero-order valence-corrected chi connectivity index (χ0v) is 9.98. The zero-order chi connectivity index (χ0) is 12.5. The zero-order valence-electron chi connectivity index (χ0n) is 9.98. The number of nitrogens with one attached hydrogen (secondary N) is 2. The van der Waals surface area contributed by atoms with Crippen molar-refractivity contribution in [2.45, 2.75) is 6.54 Å². The summed E-state index contributed by atoms with van der Waals surface area (Å²) in [6.07, 6.45) is 5.08. The summed E-state index contributed by atoms with van der Waals surface area (Å²) < 4.78 is 6.65. The Bertz CT molecular complexity index is 362. The van der Waals surface area contributed by atoms with E-state index in [1.807, 2.05) is 0 Å². The molecule has 1 aromatic rings. The van der Waals surface area contributed by atoms with Crippen molar-refractivity contribution in [1.82, 2.24) is 15.1 Å². The summed E-state index contributed by atoms with van der Waals surface area (Å²) >= 11 is 0. The van der Waals surface area contributed by atoms with E-state index in [0.717, 1.165) is 0 Å². The van der Waals surface area contributed by atoms with Gasteiger partial charge in [0.25, 0.3) is 0 Å².